The Morgan fingerprint density at radius 3 is 1.80 bits per heavy atom. The first-order valence-electron chi connectivity index (χ1n) is 6.65. The van der Waals surface area contributed by atoms with Gasteiger partial charge in [-0.2, -0.15) is 0 Å². The third-order valence-electron chi connectivity index (χ3n) is 3.11. The first-order valence-corrected chi connectivity index (χ1v) is 6.65. The van der Waals surface area contributed by atoms with E-state index in [1.54, 1.807) is 12.4 Å². The molecule has 0 aliphatic rings. The van der Waals surface area contributed by atoms with Crippen LogP contribution in [0.4, 0.5) is 0 Å². The standard InChI is InChI=1S/C13H21N5O2/c1-16(10-12-14-2-4-17(12)6-8-19)11-13-15-3-5-18(13)7-9-20/h2-5,19-20H,6-11H2,1H3. The van der Waals surface area contributed by atoms with Crippen LogP contribution in [0, 0.1) is 0 Å². The SMILES string of the molecule is CN(Cc1nccn1CCO)Cc1nccn1CCO. The minimum absolute atomic E-state index is 0.105. The third kappa shape index (κ3) is 3.66. The summed E-state index contributed by atoms with van der Waals surface area (Å²) in [5.74, 6) is 1.84. The molecule has 0 saturated heterocycles. The van der Waals surface area contributed by atoms with E-state index >= 15 is 0 Å². The summed E-state index contributed by atoms with van der Waals surface area (Å²) in [7, 11) is 2.00. The second kappa shape index (κ2) is 7.18. The predicted molar refractivity (Wildman–Crippen MR) is 73.8 cm³/mol. The summed E-state index contributed by atoms with van der Waals surface area (Å²) < 4.78 is 3.88. The van der Waals surface area contributed by atoms with Gasteiger partial charge in [-0.3, -0.25) is 4.90 Å². The maximum atomic E-state index is 9.00. The number of hydrogen-bond donors (Lipinski definition) is 2. The molecule has 2 aromatic heterocycles. The highest BCUT2D eigenvalue weighted by Gasteiger charge is 2.10. The molecule has 0 aromatic carbocycles. The lowest BCUT2D eigenvalue weighted by Gasteiger charge is -2.17. The molecule has 7 heteroatoms. The lowest BCUT2D eigenvalue weighted by atomic mass is 10.4. The first kappa shape index (κ1) is 14.7. The van der Waals surface area contributed by atoms with Crippen molar-refractivity contribution in [2.24, 2.45) is 0 Å². The molecule has 0 unspecified atom stereocenters. The molecular weight excluding hydrogens is 258 g/mol. The topological polar surface area (TPSA) is 79.3 Å². The molecule has 0 amide bonds. The summed E-state index contributed by atoms with van der Waals surface area (Å²) in [5, 5.41) is 18.0. The second-order valence-corrected chi connectivity index (χ2v) is 4.69. The van der Waals surface area contributed by atoms with Gasteiger partial charge >= 0.3 is 0 Å². The smallest absolute Gasteiger partial charge is 0.122 e. The molecule has 0 spiro atoms. The minimum atomic E-state index is 0.105. The summed E-state index contributed by atoms with van der Waals surface area (Å²) >= 11 is 0. The van der Waals surface area contributed by atoms with Crippen molar-refractivity contribution < 1.29 is 10.2 Å². The van der Waals surface area contributed by atoms with Crippen molar-refractivity contribution in [3.63, 3.8) is 0 Å². The molecule has 0 bridgehead atoms. The molecule has 110 valence electrons. The van der Waals surface area contributed by atoms with Crippen molar-refractivity contribution in [3.8, 4) is 0 Å². The predicted octanol–water partition coefficient (Wildman–Crippen LogP) is -0.304. The largest absolute Gasteiger partial charge is 0.395 e. The first-order chi connectivity index (χ1) is 9.74. The fourth-order valence-corrected chi connectivity index (χ4v) is 2.14. The lowest BCUT2D eigenvalue weighted by molar-refractivity contribution is 0.254. The quantitative estimate of drug-likeness (QED) is 0.693. The highest BCUT2D eigenvalue weighted by atomic mass is 16.3. The number of hydrogen-bond acceptors (Lipinski definition) is 5. The number of aliphatic hydroxyl groups excluding tert-OH is 2. The van der Waals surface area contributed by atoms with Gasteiger partial charge in [0, 0.05) is 37.9 Å². The summed E-state index contributed by atoms with van der Waals surface area (Å²) in [6, 6.07) is 0. The normalized spacial score (nSPS) is 11.4. The summed E-state index contributed by atoms with van der Waals surface area (Å²) in [5.41, 5.74) is 0. The maximum Gasteiger partial charge on any atom is 0.122 e. The molecule has 0 aliphatic carbocycles. The molecule has 2 heterocycles. The van der Waals surface area contributed by atoms with Crippen LogP contribution in [-0.4, -0.2) is 54.5 Å². The Bertz CT molecular complexity index is 476. The van der Waals surface area contributed by atoms with Crippen LogP contribution in [0.5, 0.6) is 0 Å². The average Bonchev–Trinajstić information content (AvgIpc) is 3.02. The van der Waals surface area contributed by atoms with Crippen molar-refractivity contribution in [1.82, 2.24) is 24.0 Å². The fraction of sp³-hybridized carbons (Fsp3) is 0.538. The average molecular weight is 279 g/mol. The number of aromatic nitrogens is 4. The molecule has 2 aromatic rings. The van der Waals surface area contributed by atoms with Gasteiger partial charge in [0.15, 0.2) is 0 Å². The number of imidazole rings is 2. The van der Waals surface area contributed by atoms with Crippen molar-refractivity contribution >= 4 is 0 Å². The molecule has 7 nitrogen and oxygen atoms in total. The van der Waals surface area contributed by atoms with E-state index in [1.807, 2.05) is 28.6 Å². The maximum absolute atomic E-state index is 9.00. The zero-order valence-electron chi connectivity index (χ0n) is 11.7. The molecule has 0 atom stereocenters. The van der Waals surface area contributed by atoms with Gasteiger partial charge in [-0.1, -0.05) is 0 Å². The number of nitrogens with zero attached hydrogens (tertiary/aromatic N) is 5. The molecule has 0 radical (unpaired) electrons. The molecule has 0 aliphatic heterocycles. The lowest BCUT2D eigenvalue weighted by Crippen LogP contribution is -2.23. The van der Waals surface area contributed by atoms with E-state index in [2.05, 4.69) is 14.9 Å². The molecule has 2 N–H and O–H groups in total. The van der Waals surface area contributed by atoms with Gasteiger partial charge in [0.2, 0.25) is 0 Å². The van der Waals surface area contributed by atoms with Gasteiger partial charge < -0.3 is 19.3 Å². The zero-order valence-corrected chi connectivity index (χ0v) is 11.7. The van der Waals surface area contributed by atoms with Crippen LogP contribution >= 0.6 is 0 Å². The Labute approximate surface area is 118 Å². The summed E-state index contributed by atoms with van der Waals surface area (Å²) in [6.07, 6.45) is 7.22. The van der Waals surface area contributed by atoms with E-state index in [0.717, 1.165) is 11.6 Å². The van der Waals surface area contributed by atoms with Crippen LogP contribution in [0.3, 0.4) is 0 Å². The van der Waals surface area contributed by atoms with E-state index in [9.17, 15) is 0 Å². The molecule has 0 saturated carbocycles. The van der Waals surface area contributed by atoms with E-state index in [0.29, 0.717) is 26.2 Å². The van der Waals surface area contributed by atoms with Gasteiger partial charge in [0.25, 0.3) is 0 Å². The zero-order chi connectivity index (χ0) is 14.4. The van der Waals surface area contributed by atoms with Crippen molar-refractivity contribution in [2.45, 2.75) is 26.2 Å². The Morgan fingerprint density at radius 2 is 1.40 bits per heavy atom. The van der Waals surface area contributed by atoms with E-state index in [1.165, 1.54) is 0 Å². The van der Waals surface area contributed by atoms with Crippen LogP contribution in [0.1, 0.15) is 11.6 Å². The van der Waals surface area contributed by atoms with Crippen LogP contribution in [0.2, 0.25) is 0 Å². The highest BCUT2D eigenvalue weighted by molar-refractivity contribution is 4.95. The van der Waals surface area contributed by atoms with Gasteiger partial charge in [-0.05, 0) is 7.05 Å². The van der Waals surface area contributed by atoms with Crippen molar-refractivity contribution in [1.29, 1.82) is 0 Å². The summed E-state index contributed by atoms with van der Waals surface area (Å²) in [4.78, 5) is 10.7. The molecule has 20 heavy (non-hydrogen) atoms. The van der Waals surface area contributed by atoms with E-state index in [-0.39, 0.29) is 13.2 Å². The highest BCUT2D eigenvalue weighted by Crippen LogP contribution is 2.06. The molecule has 2 rings (SSSR count). The Hall–Kier alpha value is -1.70. The Kier molecular flexibility index (Phi) is 5.28. The third-order valence-corrected chi connectivity index (χ3v) is 3.11. The van der Waals surface area contributed by atoms with E-state index in [4.69, 9.17) is 10.2 Å². The number of rotatable bonds is 8. The van der Waals surface area contributed by atoms with Crippen LogP contribution in [0.25, 0.3) is 0 Å². The fourth-order valence-electron chi connectivity index (χ4n) is 2.14. The Morgan fingerprint density at radius 1 is 0.950 bits per heavy atom. The Balaban J connectivity index is 1.96. The molecular formula is C13H21N5O2. The molecule has 0 fully saturated rings. The summed E-state index contributed by atoms with van der Waals surface area (Å²) in [6.45, 7) is 2.69. The van der Waals surface area contributed by atoms with Crippen LogP contribution < -0.4 is 0 Å². The van der Waals surface area contributed by atoms with Crippen LogP contribution in [-0.2, 0) is 26.2 Å². The van der Waals surface area contributed by atoms with Gasteiger partial charge in [-0.25, -0.2) is 9.97 Å². The van der Waals surface area contributed by atoms with Crippen molar-refractivity contribution in [2.75, 3.05) is 20.3 Å². The monoisotopic (exact) mass is 279 g/mol. The van der Waals surface area contributed by atoms with Gasteiger partial charge in [0.1, 0.15) is 11.6 Å². The van der Waals surface area contributed by atoms with Gasteiger partial charge in [0.05, 0.1) is 26.3 Å². The van der Waals surface area contributed by atoms with Crippen LogP contribution in [0.15, 0.2) is 24.8 Å². The van der Waals surface area contributed by atoms with Gasteiger partial charge in [-0.15, -0.1) is 0 Å². The van der Waals surface area contributed by atoms with Crippen molar-refractivity contribution in [3.05, 3.63) is 36.4 Å². The minimum Gasteiger partial charge on any atom is -0.395 e. The second-order valence-electron chi connectivity index (χ2n) is 4.69. The van der Waals surface area contributed by atoms with E-state index < -0.39 is 0 Å². The number of aliphatic hydroxyl groups is 2.